The largest absolute Gasteiger partial charge is 0.327 e. The molecule has 1 aromatic heterocycles. The Labute approximate surface area is 148 Å². The molecule has 1 aliphatic rings. The Kier molecular flexibility index (Phi) is 6.34. The molecular weight excluding hydrogens is 326 g/mol. The van der Waals surface area contributed by atoms with Crippen molar-refractivity contribution in [2.45, 2.75) is 45.1 Å². The number of benzene rings is 1. The molecule has 2 unspecified atom stereocenters. The third-order valence-electron chi connectivity index (χ3n) is 4.42. The van der Waals surface area contributed by atoms with Gasteiger partial charge in [0.25, 0.3) is 0 Å². The highest BCUT2D eigenvalue weighted by Gasteiger charge is 2.24. The topological polar surface area (TPSA) is 96.7 Å². The molecule has 2 atom stereocenters. The first-order chi connectivity index (χ1) is 11.1. The van der Waals surface area contributed by atoms with E-state index in [0.717, 1.165) is 29.9 Å². The van der Waals surface area contributed by atoms with Crippen LogP contribution >= 0.6 is 12.4 Å². The van der Waals surface area contributed by atoms with Gasteiger partial charge in [-0.05, 0) is 37.8 Å². The van der Waals surface area contributed by atoms with Crippen LogP contribution in [0.25, 0.3) is 11.4 Å². The second-order valence-electron chi connectivity index (χ2n) is 6.29. The fourth-order valence-electron chi connectivity index (χ4n) is 3.15. The first kappa shape index (κ1) is 18.4. The van der Waals surface area contributed by atoms with E-state index < -0.39 is 0 Å². The average Bonchev–Trinajstić information content (AvgIpc) is 2.96. The lowest BCUT2D eigenvalue weighted by molar-refractivity contribution is -0.117. The van der Waals surface area contributed by atoms with Gasteiger partial charge in [-0.25, -0.2) is 4.98 Å². The number of carbonyl (C=O) groups is 1. The molecule has 1 aliphatic carbocycles. The molecule has 0 spiro atoms. The number of nitrogens with zero attached hydrogens (tertiary/aromatic N) is 2. The second kappa shape index (κ2) is 8.26. The molecule has 0 radical (unpaired) electrons. The van der Waals surface area contributed by atoms with Crippen LogP contribution in [0.15, 0.2) is 24.3 Å². The number of nitrogens with two attached hydrogens (primary N) is 1. The van der Waals surface area contributed by atoms with E-state index in [1.54, 1.807) is 0 Å². The molecule has 6 nitrogen and oxygen atoms in total. The van der Waals surface area contributed by atoms with Crippen molar-refractivity contribution in [2.75, 3.05) is 5.32 Å². The van der Waals surface area contributed by atoms with E-state index in [1.807, 2.05) is 31.2 Å². The number of rotatable bonds is 4. The summed E-state index contributed by atoms with van der Waals surface area (Å²) in [5.41, 5.74) is 7.76. The van der Waals surface area contributed by atoms with Gasteiger partial charge >= 0.3 is 0 Å². The minimum Gasteiger partial charge on any atom is -0.327 e. The first-order valence-corrected chi connectivity index (χ1v) is 8.16. The quantitative estimate of drug-likeness (QED) is 0.790. The summed E-state index contributed by atoms with van der Waals surface area (Å²) in [6.07, 6.45) is 4.91. The zero-order chi connectivity index (χ0) is 16.2. The zero-order valence-electron chi connectivity index (χ0n) is 13.8. The fraction of sp³-hybridized carbons (Fsp3) is 0.471. The molecule has 1 fully saturated rings. The number of carbonyl (C=O) groups excluding carboxylic acids is 1. The lowest BCUT2D eigenvalue weighted by Crippen LogP contribution is -2.35. The summed E-state index contributed by atoms with van der Waals surface area (Å²) >= 11 is 0. The number of hydrogen-bond donors (Lipinski definition) is 3. The van der Waals surface area contributed by atoms with E-state index in [4.69, 9.17) is 5.73 Å². The van der Waals surface area contributed by atoms with Crippen LogP contribution in [0.3, 0.4) is 0 Å². The van der Waals surface area contributed by atoms with Gasteiger partial charge in [-0.2, -0.15) is 5.10 Å². The monoisotopic (exact) mass is 349 g/mol. The van der Waals surface area contributed by atoms with Crippen molar-refractivity contribution in [2.24, 2.45) is 11.7 Å². The normalized spacial score (nSPS) is 20.2. The zero-order valence-corrected chi connectivity index (χ0v) is 14.6. The minimum absolute atomic E-state index is 0. The molecule has 1 amide bonds. The van der Waals surface area contributed by atoms with Gasteiger partial charge in [0.2, 0.25) is 5.91 Å². The smallest absolute Gasteiger partial charge is 0.224 e. The fourth-order valence-corrected chi connectivity index (χ4v) is 3.15. The Balaban J connectivity index is 0.00000208. The van der Waals surface area contributed by atoms with Crippen LogP contribution in [0, 0.1) is 12.8 Å². The average molecular weight is 350 g/mol. The maximum absolute atomic E-state index is 12.3. The maximum Gasteiger partial charge on any atom is 0.224 e. The Morgan fingerprint density at radius 2 is 2.17 bits per heavy atom. The Hall–Kier alpha value is -1.92. The van der Waals surface area contributed by atoms with Crippen LogP contribution in [0.1, 0.15) is 37.9 Å². The van der Waals surface area contributed by atoms with Gasteiger partial charge in [0.05, 0.1) is 0 Å². The maximum atomic E-state index is 12.3. The van der Waals surface area contributed by atoms with Crippen molar-refractivity contribution in [1.82, 2.24) is 15.2 Å². The summed E-state index contributed by atoms with van der Waals surface area (Å²) < 4.78 is 0. The molecule has 3 rings (SSSR count). The predicted molar refractivity (Wildman–Crippen MR) is 97.0 cm³/mol. The van der Waals surface area contributed by atoms with E-state index in [-0.39, 0.29) is 24.4 Å². The van der Waals surface area contributed by atoms with E-state index >= 15 is 0 Å². The van der Waals surface area contributed by atoms with Crippen LogP contribution in [0.5, 0.6) is 0 Å². The van der Waals surface area contributed by atoms with Gasteiger partial charge in [0.15, 0.2) is 5.82 Å². The molecule has 0 saturated heterocycles. The lowest BCUT2D eigenvalue weighted by atomic mass is 9.83. The highest BCUT2D eigenvalue weighted by Crippen LogP contribution is 2.26. The summed E-state index contributed by atoms with van der Waals surface area (Å²) in [5.74, 6) is 1.71. The highest BCUT2D eigenvalue weighted by molar-refractivity contribution is 5.91. The van der Waals surface area contributed by atoms with Gasteiger partial charge in [0, 0.05) is 23.7 Å². The standard InChI is InChI=1S/C17H23N5O.ClH/c1-11-19-17(22-21-11)13-6-4-7-14(9-13)20-16(23)10-12-5-2-3-8-15(12)18;/h4,6-7,9,12,15H,2-3,5,8,10,18H2,1H3,(H,20,23)(H,19,21,22);1H. The van der Waals surface area contributed by atoms with Crippen molar-refractivity contribution in [3.8, 4) is 11.4 Å². The molecule has 0 aliphatic heterocycles. The predicted octanol–water partition coefficient (Wildman–Crippen LogP) is 3.05. The minimum atomic E-state index is 0. The van der Waals surface area contributed by atoms with Gasteiger partial charge in [-0.15, -0.1) is 12.4 Å². The van der Waals surface area contributed by atoms with Crippen molar-refractivity contribution in [3.63, 3.8) is 0 Å². The number of hydrogen-bond acceptors (Lipinski definition) is 4. The van der Waals surface area contributed by atoms with Gasteiger partial charge in [-0.3, -0.25) is 9.89 Å². The summed E-state index contributed by atoms with van der Waals surface area (Å²) in [4.78, 5) is 16.6. The third kappa shape index (κ3) is 4.55. The summed E-state index contributed by atoms with van der Waals surface area (Å²) in [7, 11) is 0. The number of aromatic nitrogens is 3. The first-order valence-electron chi connectivity index (χ1n) is 8.16. The second-order valence-corrected chi connectivity index (χ2v) is 6.29. The van der Waals surface area contributed by atoms with E-state index in [1.165, 1.54) is 12.8 Å². The summed E-state index contributed by atoms with van der Waals surface area (Å²) in [5, 5.41) is 9.93. The number of H-pyrrole nitrogens is 1. The van der Waals surface area contributed by atoms with E-state index in [2.05, 4.69) is 20.5 Å². The molecule has 4 N–H and O–H groups in total. The van der Waals surface area contributed by atoms with Crippen molar-refractivity contribution in [3.05, 3.63) is 30.1 Å². The van der Waals surface area contributed by atoms with Crippen LogP contribution in [-0.2, 0) is 4.79 Å². The van der Waals surface area contributed by atoms with E-state index in [0.29, 0.717) is 18.2 Å². The Morgan fingerprint density at radius 1 is 1.38 bits per heavy atom. The SMILES string of the molecule is Cc1nc(-c2cccc(NC(=O)CC3CCCCC3N)c2)n[nH]1.Cl. The van der Waals surface area contributed by atoms with Gasteiger partial charge in [-0.1, -0.05) is 25.0 Å². The van der Waals surface area contributed by atoms with Gasteiger partial charge in [0.1, 0.15) is 5.82 Å². The third-order valence-corrected chi connectivity index (χ3v) is 4.42. The van der Waals surface area contributed by atoms with Crippen LogP contribution in [0.2, 0.25) is 0 Å². The molecule has 2 aromatic rings. The van der Waals surface area contributed by atoms with Crippen LogP contribution < -0.4 is 11.1 Å². The number of anilines is 1. The van der Waals surface area contributed by atoms with Crippen molar-refractivity contribution in [1.29, 1.82) is 0 Å². The highest BCUT2D eigenvalue weighted by atomic mass is 35.5. The lowest BCUT2D eigenvalue weighted by Gasteiger charge is -2.27. The van der Waals surface area contributed by atoms with Gasteiger partial charge < -0.3 is 11.1 Å². The molecule has 24 heavy (non-hydrogen) atoms. The van der Waals surface area contributed by atoms with Crippen LogP contribution in [-0.4, -0.2) is 27.1 Å². The molecular formula is C17H24ClN5O. The Bertz CT molecular complexity index is 687. The molecule has 1 aromatic carbocycles. The number of aryl methyl sites for hydroxylation is 1. The molecule has 0 bridgehead atoms. The number of amides is 1. The molecule has 7 heteroatoms. The number of aromatic amines is 1. The summed E-state index contributed by atoms with van der Waals surface area (Å²) in [6.45, 7) is 1.86. The van der Waals surface area contributed by atoms with Crippen molar-refractivity contribution >= 4 is 24.0 Å². The molecule has 130 valence electrons. The van der Waals surface area contributed by atoms with Crippen molar-refractivity contribution < 1.29 is 4.79 Å². The molecule has 1 heterocycles. The van der Waals surface area contributed by atoms with E-state index in [9.17, 15) is 4.79 Å². The van der Waals surface area contributed by atoms with Crippen LogP contribution in [0.4, 0.5) is 5.69 Å². The Morgan fingerprint density at radius 3 is 2.88 bits per heavy atom. The number of nitrogens with one attached hydrogen (secondary N) is 2. The molecule has 1 saturated carbocycles. The number of halogens is 1. The summed E-state index contributed by atoms with van der Waals surface area (Å²) in [6, 6.07) is 7.73.